The molecule has 0 saturated heterocycles. The maximum Gasteiger partial charge on any atom is 0.120 e. The summed E-state index contributed by atoms with van der Waals surface area (Å²) < 4.78 is 1.83. The Morgan fingerprint density at radius 3 is 3.07 bits per heavy atom. The van der Waals surface area contributed by atoms with Crippen molar-refractivity contribution in [1.29, 1.82) is 5.26 Å². The van der Waals surface area contributed by atoms with E-state index in [4.69, 9.17) is 16.9 Å². The van der Waals surface area contributed by atoms with Crippen LogP contribution >= 0.6 is 11.6 Å². The Hall–Kier alpha value is -1.79. The van der Waals surface area contributed by atoms with Crippen molar-refractivity contribution in [2.45, 2.75) is 6.54 Å². The highest BCUT2D eigenvalue weighted by atomic mass is 35.5. The van der Waals surface area contributed by atoms with Gasteiger partial charge in [-0.1, -0.05) is 11.6 Å². The Morgan fingerprint density at radius 1 is 1.47 bits per heavy atom. The molecule has 15 heavy (non-hydrogen) atoms. The van der Waals surface area contributed by atoms with E-state index in [2.05, 4.69) is 11.1 Å². The Kier molecular flexibility index (Phi) is 2.70. The standard InChI is InChI=1S/C11H8ClN3/c12-9-3-4-14-10(6-9)8-15-5-1-2-11(15)7-13/h1-6H,8H2. The summed E-state index contributed by atoms with van der Waals surface area (Å²) >= 11 is 5.84. The van der Waals surface area contributed by atoms with Crippen LogP contribution in [-0.2, 0) is 6.54 Å². The summed E-state index contributed by atoms with van der Waals surface area (Å²) in [7, 11) is 0. The number of hydrogen-bond acceptors (Lipinski definition) is 2. The van der Waals surface area contributed by atoms with Gasteiger partial charge in [0, 0.05) is 17.4 Å². The predicted molar refractivity (Wildman–Crippen MR) is 57.5 cm³/mol. The number of halogens is 1. The lowest BCUT2D eigenvalue weighted by molar-refractivity contribution is 0.770. The van der Waals surface area contributed by atoms with Crippen molar-refractivity contribution < 1.29 is 0 Å². The topological polar surface area (TPSA) is 41.6 Å². The number of pyridine rings is 1. The first-order valence-corrected chi connectivity index (χ1v) is 4.83. The van der Waals surface area contributed by atoms with Crippen molar-refractivity contribution in [2.75, 3.05) is 0 Å². The van der Waals surface area contributed by atoms with E-state index in [0.29, 0.717) is 17.3 Å². The second-order valence-corrected chi connectivity index (χ2v) is 3.53. The van der Waals surface area contributed by atoms with Crippen molar-refractivity contribution in [3.63, 3.8) is 0 Å². The highest BCUT2D eigenvalue weighted by Crippen LogP contribution is 2.10. The molecule has 0 aliphatic rings. The Bertz CT molecular complexity index is 511. The molecule has 2 aromatic rings. The van der Waals surface area contributed by atoms with Gasteiger partial charge in [-0.25, -0.2) is 0 Å². The van der Waals surface area contributed by atoms with Gasteiger partial charge in [-0.2, -0.15) is 5.26 Å². The Labute approximate surface area is 92.6 Å². The van der Waals surface area contributed by atoms with Crippen molar-refractivity contribution in [1.82, 2.24) is 9.55 Å². The van der Waals surface area contributed by atoms with Crippen LogP contribution in [0, 0.1) is 11.3 Å². The van der Waals surface area contributed by atoms with Crippen LogP contribution < -0.4 is 0 Å². The molecular formula is C11H8ClN3. The lowest BCUT2D eigenvalue weighted by atomic mass is 10.3. The lowest BCUT2D eigenvalue weighted by Gasteiger charge is -2.03. The van der Waals surface area contributed by atoms with Crippen LogP contribution in [0.1, 0.15) is 11.4 Å². The van der Waals surface area contributed by atoms with Gasteiger partial charge in [0.25, 0.3) is 0 Å². The number of rotatable bonds is 2. The molecule has 74 valence electrons. The predicted octanol–water partition coefficient (Wildman–Crippen LogP) is 2.46. The molecule has 2 rings (SSSR count). The van der Waals surface area contributed by atoms with Crippen LogP contribution in [0.5, 0.6) is 0 Å². The summed E-state index contributed by atoms with van der Waals surface area (Å²) in [5.74, 6) is 0. The third-order valence-electron chi connectivity index (χ3n) is 2.06. The molecule has 4 heteroatoms. The maximum atomic E-state index is 8.82. The second-order valence-electron chi connectivity index (χ2n) is 3.10. The first-order valence-electron chi connectivity index (χ1n) is 4.45. The van der Waals surface area contributed by atoms with Crippen molar-refractivity contribution in [3.05, 3.63) is 53.1 Å². The minimum Gasteiger partial charge on any atom is -0.333 e. The summed E-state index contributed by atoms with van der Waals surface area (Å²) in [6, 6.07) is 9.24. The molecule has 0 aliphatic heterocycles. The fourth-order valence-electron chi connectivity index (χ4n) is 1.36. The molecule has 0 amide bonds. The largest absolute Gasteiger partial charge is 0.333 e. The van der Waals surface area contributed by atoms with Gasteiger partial charge >= 0.3 is 0 Å². The number of aromatic nitrogens is 2. The van der Waals surface area contributed by atoms with E-state index in [-0.39, 0.29) is 0 Å². The van der Waals surface area contributed by atoms with Crippen LogP contribution in [0.3, 0.4) is 0 Å². The van der Waals surface area contributed by atoms with E-state index in [1.807, 2.05) is 16.8 Å². The van der Waals surface area contributed by atoms with Gasteiger partial charge in [0.15, 0.2) is 0 Å². The molecule has 3 nitrogen and oxygen atoms in total. The highest BCUT2D eigenvalue weighted by molar-refractivity contribution is 6.30. The molecule has 0 aliphatic carbocycles. The summed E-state index contributed by atoms with van der Waals surface area (Å²) in [5.41, 5.74) is 1.46. The average Bonchev–Trinajstić information content (AvgIpc) is 2.65. The Balaban J connectivity index is 2.26. The number of nitriles is 1. The average molecular weight is 218 g/mol. The molecule has 2 heterocycles. The molecule has 0 unspecified atom stereocenters. The van der Waals surface area contributed by atoms with Gasteiger partial charge in [0.1, 0.15) is 11.8 Å². The van der Waals surface area contributed by atoms with E-state index >= 15 is 0 Å². The molecule has 0 atom stereocenters. The van der Waals surface area contributed by atoms with Crippen molar-refractivity contribution in [2.24, 2.45) is 0 Å². The molecule has 2 aromatic heterocycles. The zero-order valence-corrected chi connectivity index (χ0v) is 8.65. The zero-order chi connectivity index (χ0) is 10.7. The van der Waals surface area contributed by atoms with Crippen molar-refractivity contribution >= 4 is 11.6 Å². The van der Waals surface area contributed by atoms with E-state index in [0.717, 1.165) is 5.69 Å². The van der Waals surface area contributed by atoms with E-state index in [1.165, 1.54) is 0 Å². The molecule has 0 spiro atoms. The third-order valence-corrected chi connectivity index (χ3v) is 2.29. The van der Waals surface area contributed by atoms with Gasteiger partial charge < -0.3 is 4.57 Å². The minimum atomic E-state index is 0.566. The van der Waals surface area contributed by atoms with E-state index < -0.39 is 0 Å². The van der Waals surface area contributed by atoms with Gasteiger partial charge in [-0.3, -0.25) is 4.98 Å². The minimum absolute atomic E-state index is 0.566. The number of hydrogen-bond donors (Lipinski definition) is 0. The van der Waals surface area contributed by atoms with Crippen molar-refractivity contribution in [3.8, 4) is 6.07 Å². The molecule has 0 N–H and O–H groups in total. The summed E-state index contributed by atoms with van der Waals surface area (Å²) in [4.78, 5) is 4.18. The zero-order valence-electron chi connectivity index (χ0n) is 7.89. The Morgan fingerprint density at radius 2 is 2.33 bits per heavy atom. The first kappa shape index (κ1) is 9.75. The third kappa shape index (κ3) is 2.17. The monoisotopic (exact) mass is 217 g/mol. The molecule has 0 fully saturated rings. The van der Waals surface area contributed by atoms with Crippen LogP contribution in [0.4, 0.5) is 0 Å². The SMILES string of the molecule is N#Cc1cccn1Cc1cc(Cl)ccn1. The second kappa shape index (κ2) is 4.16. The number of nitrogens with zero attached hydrogens (tertiary/aromatic N) is 3. The van der Waals surface area contributed by atoms with E-state index in [9.17, 15) is 0 Å². The van der Waals surface area contributed by atoms with Crippen LogP contribution in [0.25, 0.3) is 0 Å². The molecule has 0 saturated carbocycles. The maximum absolute atomic E-state index is 8.82. The molecule has 0 aromatic carbocycles. The molecule has 0 radical (unpaired) electrons. The normalized spacial score (nSPS) is 9.87. The van der Waals surface area contributed by atoms with E-state index in [1.54, 1.807) is 24.4 Å². The highest BCUT2D eigenvalue weighted by Gasteiger charge is 2.01. The van der Waals surface area contributed by atoms with Gasteiger partial charge in [-0.15, -0.1) is 0 Å². The summed E-state index contributed by atoms with van der Waals surface area (Å²) in [5, 5.41) is 9.48. The van der Waals surface area contributed by atoms with Gasteiger partial charge in [0.2, 0.25) is 0 Å². The molecular weight excluding hydrogens is 210 g/mol. The first-order chi connectivity index (χ1) is 7.29. The fourth-order valence-corrected chi connectivity index (χ4v) is 1.55. The smallest absolute Gasteiger partial charge is 0.120 e. The van der Waals surface area contributed by atoms with Crippen LogP contribution in [0.15, 0.2) is 36.7 Å². The van der Waals surface area contributed by atoms with Crippen LogP contribution in [-0.4, -0.2) is 9.55 Å². The quantitative estimate of drug-likeness (QED) is 0.776. The fraction of sp³-hybridized carbons (Fsp3) is 0.0909. The van der Waals surface area contributed by atoms with Crippen LogP contribution in [0.2, 0.25) is 5.02 Å². The lowest BCUT2D eigenvalue weighted by Crippen LogP contribution is -2.02. The summed E-state index contributed by atoms with van der Waals surface area (Å²) in [6.07, 6.45) is 3.51. The molecule has 0 bridgehead atoms. The van der Waals surface area contributed by atoms with Gasteiger partial charge in [0.05, 0.1) is 12.2 Å². The van der Waals surface area contributed by atoms with Gasteiger partial charge in [-0.05, 0) is 24.3 Å². The summed E-state index contributed by atoms with van der Waals surface area (Å²) in [6.45, 7) is 0.566.